The predicted octanol–water partition coefficient (Wildman–Crippen LogP) is 6.71. The number of carbonyl (C=O) groups is 1. The van der Waals surface area contributed by atoms with Crippen molar-refractivity contribution in [3.63, 3.8) is 0 Å². The number of pyridine rings is 4. The van der Waals surface area contributed by atoms with Gasteiger partial charge in [0, 0.05) is 18.0 Å². The van der Waals surface area contributed by atoms with Gasteiger partial charge >= 0.3 is 5.97 Å². The quantitative estimate of drug-likeness (QED) is 0.0634. The van der Waals surface area contributed by atoms with Crippen LogP contribution in [-0.4, -0.2) is 38.7 Å². The minimum atomic E-state index is -0.680. The summed E-state index contributed by atoms with van der Waals surface area (Å²) in [6.07, 6.45) is 3.46. The smallest absolute Gasteiger partial charge is 0.366 e. The van der Waals surface area contributed by atoms with Gasteiger partial charge in [-0.25, -0.2) is 14.8 Å². The van der Waals surface area contributed by atoms with Crippen LogP contribution in [0.1, 0.15) is 17.0 Å². The Bertz CT molecular complexity index is 1950. The Morgan fingerprint density at radius 1 is 0.574 bits per heavy atom. The van der Waals surface area contributed by atoms with Gasteiger partial charge in [0.25, 0.3) is 0 Å². The number of oxime groups is 1. The number of hydrogen-bond donors (Lipinski definition) is 0. The Labute approximate surface area is 271 Å². The van der Waals surface area contributed by atoms with Gasteiger partial charge in [-0.2, -0.15) is 0 Å². The third kappa shape index (κ3) is 8.20. The lowest BCUT2D eigenvalue weighted by Gasteiger charge is -2.10. The van der Waals surface area contributed by atoms with E-state index in [2.05, 4.69) is 25.1 Å². The number of nitrogens with zero attached hydrogens (tertiary/aromatic N) is 5. The predicted molar refractivity (Wildman–Crippen MR) is 176 cm³/mol. The molecule has 10 heteroatoms. The average Bonchev–Trinajstić information content (AvgIpc) is 3.14. The first kappa shape index (κ1) is 30.6. The largest absolute Gasteiger partial charge is 0.487 e. The molecule has 6 rings (SSSR count). The van der Waals surface area contributed by atoms with Crippen molar-refractivity contribution in [2.45, 2.75) is 13.2 Å². The van der Waals surface area contributed by atoms with E-state index in [9.17, 15) is 4.79 Å². The first-order valence-corrected chi connectivity index (χ1v) is 14.7. The number of benzene rings is 2. The molecule has 0 unspecified atom stereocenters. The molecular formula is C37H29N5O5. The fourth-order valence-electron chi connectivity index (χ4n) is 4.52. The van der Waals surface area contributed by atoms with Crippen LogP contribution < -0.4 is 14.2 Å². The summed E-state index contributed by atoms with van der Waals surface area (Å²) in [5, 5.41) is 3.91. The summed E-state index contributed by atoms with van der Waals surface area (Å²) in [6, 6.07) is 36.4. The van der Waals surface area contributed by atoms with Crippen molar-refractivity contribution in [2.24, 2.45) is 5.16 Å². The number of carbonyl (C=O) groups excluding carboxylic acids is 1. The topological polar surface area (TPSA) is 118 Å². The van der Waals surface area contributed by atoms with Crippen LogP contribution in [0.2, 0.25) is 0 Å². The second kappa shape index (κ2) is 15.0. The zero-order valence-corrected chi connectivity index (χ0v) is 25.4. The molecule has 0 amide bonds. The molecule has 0 atom stereocenters. The van der Waals surface area contributed by atoms with Crippen molar-refractivity contribution < 1.29 is 23.8 Å². The summed E-state index contributed by atoms with van der Waals surface area (Å²) >= 11 is 0. The van der Waals surface area contributed by atoms with Crippen molar-refractivity contribution in [3.8, 4) is 40.0 Å². The van der Waals surface area contributed by atoms with Crippen LogP contribution in [-0.2, 0) is 22.8 Å². The summed E-state index contributed by atoms with van der Waals surface area (Å²) in [7, 11) is 1.36. The molecule has 10 nitrogen and oxygen atoms in total. The maximum Gasteiger partial charge on any atom is 0.366 e. The van der Waals surface area contributed by atoms with E-state index < -0.39 is 5.97 Å². The molecule has 0 radical (unpaired) electrons. The first-order chi connectivity index (χ1) is 23.1. The summed E-state index contributed by atoms with van der Waals surface area (Å²) in [4.78, 5) is 36.0. The maximum atomic E-state index is 13.1. The van der Waals surface area contributed by atoms with Gasteiger partial charge in [-0.15, -0.1) is 0 Å². The van der Waals surface area contributed by atoms with Gasteiger partial charge in [0.15, 0.2) is 5.71 Å². The van der Waals surface area contributed by atoms with Crippen LogP contribution in [0.25, 0.3) is 22.8 Å². The molecule has 2 aromatic carbocycles. The molecule has 232 valence electrons. The van der Waals surface area contributed by atoms with Gasteiger partial charge in [-0.05, 0) is 97.1 Å². The van der Waals surface area contributed by atoms with Crippen LogP contribution >= 0.6 is 0 Å². The third-order valence-corrected chi connectivity index (χ3v) is 6.78. The number of aromatic nitrogens is 4. The average molecular weight is 624 g/mol. The van der Waals surface area contributed by atoms with E-state index in [1.807, 2.05) is 72.8 Å². The van der Waals surface area contributed by atoms with E-state index in [4.69, 9.17) is 19.0 Å². The van der Waals surface area contributed by atoms with E-state index in [0.717, 1.165) is 34.2 Å². The minimum absolute atomic E-state index is 0.00275. The molecule has 4 aromatic heterocycles. The Hall–Kier alpha value is -6.42. The monoisotopic (exact) mass is 623 g/mol. The SMILES string of the molecule is CON=C(C(=O)Oc1ccc(OCc2cccc(-c3ccccn3)n2)cc1)c1ccc(OCc2cccc(-c3ccccn3)n2)cc1. The second-order valence-electron chi connectivity index (χ2n) is 10.0. The van der Waals surface area contributed by atoms with E-state index >= 15 is 0 Å². The molecule has 0 N–H and O–H groups in total. The number of rotatable bonds is 12. The summed E-state index contributed by atoms with van der Waals surface area (Å²) in [6.45, 7) is 0.521. The molecule has 47 heavy (non-hydrogen) atoms. The molecule has 0 aliphatic rings. The summed E-state index contributed by atoms with van der Waals surface area (Å²) in [5.41, 5.74) is 5.13. The van der Waals surface area contributed by atoms with Crippen LogP contribution in [0.4, 0.5) is 0 Å². The molecule has 0 aliphatic heterocycles. The number of esters is 1. The minimum Gasteiger partial charge on any atom is -0.487 e. The lowest BCUT2D eigenvalue weighted by Crippen LogP contribution is -2.22. The summed E-state index contributed by atoms with van der Waals surface area (Å²) in [5.74, 6) is 0.829. The van der Waals surface area contributed by atoms with Crippen molar-refractivity contribution in [2.75, 3.05) is 7.11 Å². The zero-order chi connectivity index (χ0) is 32.3. The van der Waals surface area contributed by atoms with Gasteiger partial charge in [-0.1, -0.05) is 29.4 Å². The third-order valence-electron chi connectivity index (χ3n) is 6.78. The van der Waals surface area contributed by atoms with Crippen molar-refractivity contribution >= 4 is 11.7 Å². The number of hydrogen-bond acceptors (Lipinski definition) is 10. The van der Waals surface area contributed by atoms with Gasteiger partial charge < -0.3 is 19.0 Å². The Balaban J connectivity index is 1.03. The highest BCUT2D eigenvalue weighted by molar-refractivity contribution is 6.43. The normalized spacial score (nSPS) is 11.0. The van der Waals surface area contributed by atoms with Crippen LogP contribution in [0.3, 0.4) is 0 Å². The van der Waals surface area contributed by atoms with Crippen LogP contribution in [0.5, 0.6) is 17.2 Å². The van der Waals surface area contributed by atoms with Gasteiger partial charge in [0.1, 0.15) is 37.6 Å². The number of ether oxygens (including phenoxy) is 3. The van der Waals surface area contributed by atoms with E-state index in [1.165, 1.54) is 7.11 Å². The lowest BCUT2D eigenvalue weighted by molar-refractivity contribution is -0.127. The Kier molecular flexibility index (Phi) is 9.79. The standard InChI is InChI=1S/C37H29N5O5/c1-44-42-36(26-14-16-29(17-15-26)45-24-27-8-6-12-34(40-27)32-10-2-4-22-38-32)37(43)47-31-20-18-30(19-21-31)46-25-28-9-7-13-35(41-28)33-11-3-5-23-39-33/h2-23H,24-25H2,1H3. The van der Waals surface area contributed by atoms with Crippen LogP contribution in [0, 0.1) is 0 Å². The fourth-order valence-corrected chi connectivity index (χ4v) is 4.52. The molecule has 0 bridgehead atoms. The van der Waals surface area contributed by atoms with Gasteiger partial charge in [-0.3, -0.25) is 9.97 Å². The zero-order valence-electron chi connectivity index (χ0n) is 25.4. The second-order valence-corrected chi connectivity index (χ2v) is 10.0. The highest BCUT2D eigenvalue weighted by atomic mass is 16.6. The first-order valence-electron chi connectivity index (χ1n) is 14.7. The Morgan fingerprint density at radius 2 is 1.06 bits per heavy atom. The molecule has 0 spiro atoms. The maximum absolute atomic E-state index is 13.1. The van der Waals surface area contributed by atoms with Gasteiger partial charge in [0.2, 0.25) is 0 Å². The molecule has 0 saturated carbocycles. The fraction of sp³-hybridized carbons (Fsp3) is 0.0811. The van der Waals surface area contributed by atoms with Gasteiger partial charge in [0.05, 0.1) is 34.2 Å². The van der Waals surface area contributed by atoms with Crippen LogP contribution in [0.15, 0.2) is 139 Å². The summed E-state index contributed by atoms with van der Waals surface area (Å²) < 4.78 is 17.4. The molecule has 0 fully saturated rings. The molecule has 6 aromatic rings. The van der Waals surface area contributed by atoms with Crippen molar-refractivity contribution in [1.29, 1.82) is 0 Å². The molecule has 0 saturated heterocycles. The molecule has 0 aliphatic carbocycles. The Morgan fingerprint density at radius 3 is 1.55 bits per heavy atom. The van der Waals surface area contributed by atoms with E-state index in [-0.39, 0.29) is 18.9 Å². The highest BCUT2D eigenvalue weighted by Gasteiger charge is 2.18. The lowest BCUT2D eigenvalue weighted by atomic mass is 10.1. The highest BCUT2D eigenvalue weighted by Crippen LogP contribution is 2.22. The van der Waals surface area contributed by atoms with E-state index in [1.54, 1.807) is 60.9 Å². The molecule has 4 heterocycles. The van der Waals surface area contributed by atoms with Crippen molar-refractivity contribution in [1.82, 2.24) is 19.9 Å². The van der Waals surface area contributed by atoms with Crippen molar-refractivity contribution in [3.05, 3.63) is 151 Å². The molecular weight excluding hydrogens is 594 g/mol. The van der Waals surface area contributed by atoms with E-state index in [0.29, 0.717) is 22.8 Å².